The Morgan fingerprint density at radius 3 is 1.27 bits per heavy atom. The average molecular weight is 1110 g/mol. The summed E-state index contributed by atoms with van der Waals surface area (Å²) in [4.78, 5) is 138. The number of esters is 8. The van der Waals surface area contributed by atoms with Crippen LogP contribution in [0.25, 0.3) is 0 Å². The number of hydrogen-bond acceptors (Lipinski definition) is 24. The third kappa shape index (κ3) is 7.38. The molecule has 4 saturated heterocycles. The van der Waals surface area contributed by atoms with Crippen LogP contribution in [0, 0.1) is 57.2 Å². The summed E-state index contributed by atoms with van der Waals surface area (Å²) >= 11 is 0. The first kappa shape index (κ1) is 56.1. The minimum absolute atomic E-state index is 0.0900. The lowest BCUT2D eigenvalue weighted by Crippen LogP contribution is -2.79. The van der Waals surface area contributed by atoms with Crippen LogP contribution in [0.1, 0.15) is 87.5 Å². The molecule has 20 atom stereocenters. The molecule has 8 fully saturated rings. The number of aliphatic hydroxyl groups is 4. The molecule has 79 heavy (non-hydrogen) atoms. The number of carbonyl (C=O) groups is 10. The highest BCUT2D eigenvalue weighted by atomic mass is 16.6. The summed E-state index contributed by atoms with van der Waals surface area (Å²) in [5, 5.41) is 48.3. The maximum Gasteiger partial charge on any atom is 0.348 e. The van der Waals surface area contributed by atoms with E-state index in [1.165, 1.54) is 13.8 Å². The number of rotatable bonds is 10. The average Bonchev–Trinajstić information content (AvgIpc) is 2.78. The van der Waals surface area contributed by atoms with Crippen molar-refractivity contribution in [2.24, 2.45) is 57.2 Å². The SMILES string of the molecule is COC(=O)[C@@]12OCC34[C@H]1C(OC(=O)C=C(C)C)C(=O)O[C@@H]3C[C@H]1C(C)=C(OC(=O)CC(=O)OC3=C(C)[C@@H]5C[C@H]6OC(=O)C(OC(=O)C=C(C)C)[C@@H]7C68CO[C@@]7(C(=O)OC)[C@@H](O)[C@H](O)[C@@H]8[C@@]5(C)CC3=O)C(=O)C[C@]1(C)[C@H]4[C@@H](O)[C@@H]2O. The number of hydrogen-bond donors (Lipinski definition) is 4. The molecule has 0 aromatic rings. The van der Waals surface area contributed by atoms with E-state index in [9.17, 15) is 68.4 Å². The number of ketones is 2. The van der Waals surface area contributed by atoms with Gasteiger partial charge in [0.25, 0.3) is 0 Å². The Morgan fingerprint density at radius 1 is 0.582 bits per heavy atom. The van der Waals surface area contributed by atoms with Gasteiger partial charge in [0.15, 0.2) is 23.1 Å². The van der Waals surface area contributed by atoms with E-state index >= 15 is 0 Å². The smallest absolute Gasteiger partial charge is 0.348 e. The first-order valence-corrected chi connectivity index (χ1v) is 26.2. The Bertz CT molecular complexity index is 2730. The Hall–Kier alpha value is -6.18. The number of fused-ring (bicyclic) bond motifs is 4. The molecule has 428 valence electrons. The normalized spacial score (nSPS) is 43.8. The van der Waals surface area contributed by atoms with Crippen molar-refractivity contribution in [2.75, 3.05) is 27.4 Å². The summed E-state index contributed by atoms with van der Waals surface area (Å²) in [7, 11) is 2.05. The number of Topliss-reactive ketones (excluding diaryl/α,β-unsaturated/α-hetero) is 2. The number of carbonyl (C=O) groups excluding carboxylic acids is 10. The molecule has 4 heterocycles. The minimum Gasteiger partial charge on any atom is -0.467 e. The van der Waals surface area contributed by atoms with Gasteiger partial charge in [0.05, 0.1) is 51.5 Å². The van der Waals surface area contributed by atoms with Crippen molar-refractivity contribution in [2.45, 2.75) is 148 Å². The lowest BCUT2D eigenvalue weighted by atomic mass is 9.38. The van der Waals surface area contributed by atoms with Crippen molar-refractivity contribution in [1.82, 2.24) is 0 Å². The third-order valence-corrected chi connectivity index (χ3v) is 19.6. The fraction of sp³-hybridized carbons (Fsp3) is 0.673. The van der Waals surface area contributed by atoms with E-state index in [4.69, 9.17) is 47.4 Å². The largest absolute Gasteiger partial charge is 0.467 e. The van der Waals surface area contributed by atoms with Gasteiger partial charge in [-0.15, -0.1) is 0 Å². The second-order valence-electron chi connectivity index (χ2n) is 24.1. The molecule has 2 spiro atoms. The van der Waals surface area contributed by atoms with Crippen molar-refractivity contribution in [3.8, 4) is 0 Å². The molecule has 24 heteroatoms. The van der Waals surface area contributed by atoms with Gasteiger partial charge in [-0.3, -0.25) is 19.2 Å². The zero-order chi connectivity index (χ0) is 57.8. The molecule has 4 unspecified atom stereocenters. The fourth-order valence-corrected chi connectivity index (χ4v) is 17.2. The van der Waals surface area contributed by atoms with Crippen LogP contribution in [-0.4, -0.2) is 167 Å². The van der Waals surface area contributed by atoms with Gasteiger partial charge in [-0.2, -0.15) is 0 Å². The van der Waals surface area contributed by atoms with Crippen molar-refractivity contribution in [3.63, 3.8) is 0 Å². The van der Waals surface area contributed by atoms with Crippen LogP contribution in [-0.2, 0) is 95.3 Å². The first-order chi connectivity index (χ1) is 37.0. The number of allylic oxidation sites excluding steroid dienone is 6. The number of methoxy groups -OCH3 is 2. The lowest BCUT2D eigenvalue weighted by Gasteiger charge is -2.67. The van der Waals surface area contributed by atoms with Crippen LogP contribution in [0.5, 0.6) is 0 Å². The van der Waals surface area contributed by atoms with Gasteiger partial charge in [0.2, 0.25) is 23.4 Å². The maximum atomic E-state index is 14.4. The minimum atomic E-state index is -2.41. The van der Waals surface area contributed by atoms with Gasteiger partial charge < -0.3 is 67.8 Å². The van der Waals surface area contributed by atoms with Gasteiger partial charge in [-0.1, -0.05) is 25.0 Å². The molecule has 4 saturated carbocycles. The van der Waals surface area contributed by atoms with Crippen LogP contribution in [0.15, 0.2) is 46.0 Å². The first-order valence-electron chi connectivity index (χ1n) is 26.2. The topological polar surface area (TPSA) is 344 Å². The van der Waals surface area contributed by atoms with E-state index in [1.54, 1.807) is 41.5 Å². The summed E-state index contributed by atoms with van der Waals surface area (Å²) in [6, 6.07) is 0. The van der Waals surface area contributed by atoms with E-state index in [0.717, 1.165) is 26.4 Å². The molecule has 4 N–H and O–H groups in total. The van der Waals surface area contributed by atoms with Crippen LogP contribution >= 0.6 is 0 Å². The van der Waals surface area contributed by atoms with Crippen LogP contribution in [0.3, 0.4) is 0 Å². The predicted octanol–water partition coefficient (Wildman–Crippen LogP) is 0.408. The number of ether oxygens (including phenoxy) is 10. The molecule has 4 bridgehead atoms. The lowest BCUT2D eigenvalue weighted by molar-refractivity contribution is -0.290. The van der Waals surface area contributed by atoms with Gasteiger partial charge in [0, 0.05) is 47.7 Å². The Morgan fingerprint density at radius 2 is 0.937 bits per heavy atom. The molecule has 0 aromatic heterocycles. The predicted molar refractivity (Wildman–Crippen MR) is 257 cm³/mol. The second-order valence-corrected chi connectivity index (χ2v) is 24.1. The molecule has 4 aliphatic heterocycles. The van der Waals surface area contributed by atoms with Crippen LogP contribution in [0.2, 0.25) is 0 Å². The summed E-state index contributed by atoms with van der Waals surface area (Å²) in [5.74, 6) is -18.2. The zero-order valence-corrected chi connectivity index (χ0v) is 45.1. The molecule has 10 rings (SSSR count). The van der Waals surface area contributed by atoms with Gasteiger partial charge >= 0.3 is 47.8 Å². The molecule has 0 aromatic carbocycles. The van der Waals surface area contributed by atoms with E-state index in [-0.39, 0.29) is 24.0 Å². The number of aliphatic hydroxyl groups excluding tert-OH is 4. The summed E-state index contributed by atoms with van der Waals surface area (Å²) in [6.07, 6.45) is -13.8. The molecular weight excluding hydrogens is 1040 g/mol. The third-order valence-electron chi connectivity index (χ3n) is 19.6. The highest BCUT2D eigenvalue weighted by Crippen LogP contribution is 2.75. The quantitative estimate of drug-likeness (QED) is 0.0996. The molecule has 0 radical (unpaired) electrons. The van der Waals surface area contributed by atoms with E-state index in [1.807, 2.05) is 0 Å². The van der Waals surface area contributed by atoms with Crippen molar-refractivity contribution < 1.29 is 116 Å². The molecule has 6 aliphatic carbocycles. The summed E-state index contributed by atoms with van der Waals surface area (Å²) in [6.45, 7) is 12.0. The molecule has 0 amide bonds. The monoisotopic (exact) mass is 1110 g/mol. The van der Waals surface area contributed by atoms with Gasteiger partial charge in [-0.05, 0) is 88.2 Å². The fourth-order valence-electron chi connectivity index (χ4n) is 17.2. The van der Waals surface area contributed by atoms with E-state index in [0.29, 0.717) is 11.1 Å². The maximum absolute atomic E-state index is 14.4. The highest BCUT2D eigenvalue weighted by molar-refractivity contribution is 6.02. The second kappa shape index (κ2) is 18.7. The summed E-state index contributed by atoms with van der Waals surface area (Å²) < 4.78 is 57.2. The van der Waals surface area contributed by atoms with Crippen molar-refractivity contribution >= 4 is 59.3 Å². The molecule has 10 aliphatic rings. The Balaban J connectivity index is 0.908. The summed E-state index contributed by atoms with van der Waals surface area (Å²) in [5.41, 5.74) is -9.23. The van der Waals surface area contributed by atoms with Crippen LogP contribution < -0.4 is 0 Å². The van der Waals surface area contributed by atoms with Crippen molar-refractivity contribution in [1.29, 1.82) is 0 Å². The Kier molecular flexibility index (Phi) is 13.3. The van der Waals surface area contributed by atoms with E-state index in [2.05, 4.69) is 0 Å². The van der Waals surface area contributed by atoms with E-state index < -0.39 is 221 Å². The zero-order valence-electron chi connectivity index (χ0n) is 45.1. The highest BCUT2D eigenvalue weighted by Gasteiger charge is 2.87. The Labute approximate surface area is 452 Å². The van der Waals surface area contributed by atoms with Crippen LogP contribution in [0.4, 0.5) is 0 Å². The van der Waals surface area contributed by atoms with Gasteiger partial charge in [-0.25, -0.2) is 28.8 Å². The molecule has 24 nitrogen and oxygen atoms in total. The van der Waals surface area contributed by atoms with Gasteiger partial charge in [0.1, 0.15) is 30.8 Å². The molecular formula is C55H64O24. The van der Waals surface area contributed by atoms with Crippen molar-refractivity contribution in [3.05, 3.63) is 46.0 Å². The standard InChI is InChI=1S/C55H64O24/c1-20(2)11-30(58)78-38-42-52-18-72-54(42,48(68)70-9)44(64)34(62)40(52)50(7)16-26(56)36(22(5)24(50)13-28(52)74-46(38)66)76-32(60)15-33(61)77-37-23(6)25-14-29-53-19-73-55(49(69)71-10,45(65)35(63)41(53)51(25,8)17-27(37)57)43(53)39(47(67)75-29)79-31(59)12-21(3)4/h11-12,24-25,28-29,34-35,38-45,62-65H,13-19H2,1-10H3/t24-,25-,28+,29+,34+,35+,38?,39?,40+,41+,42+,43+,44-,45-,50-,51-,52?,53?,54+,55+/m0/s1.